The SMILES string of the molecule is C=C(C)COCCCCCCCCCCCCCCCCCCCC([SiH3])(I)I. The average Bonchev–Trinajstić information content (AvgIpc) is 2.61. The van der Waals surface area contributed by atoms with E-state index in [2.05, 4.69) is 51.8 Å². The van der Waals surface area contributed by atoms with Crippen molar-refractivity contribution in [1.29, 1.82) is 0 Å². The van der Waals surface area contributed by atoms with E-state index in [0.717, 1.165) is 18.8 Å². The molecule has 0 atom stereocenters. The molecule has 0 N–H and O–H groups in total. The van der Waals surface area contributed by atoms with Gasteiger partial charge in [0.15, 0.2) is 0 Å². The second-order valence-corrected chi connectivity index (χ2v) is 21.4. The predicted octanol–water partition coefficient (Wildman–Crippen LogP) is 8.49. The Kier molecular flexibility index (Phi) is 22.7. The number of alkyl halides is 2. The Morgan fingerprint density at radius 1 is 0.679 bits per heavy atom. The van der Waals surface area contributed by atoms with Crippen LogP contribution in [0.25, 0.3) is 0 Å². The molecule has 168 valence electrons. The third kappa shape index (κ3) is 27.4. The van der Waals surface area contributed by atoms with Crippen molar-refractivity contribution < 1.29 is 4.74 Å². The molecule has 0 saturated carbocycles. The maximum atomic E-state index is 5.54. The molecule has 0 aromatic carbocycles. The Morgan fingerprint density at radius 2 is 1.00 bits per heavy atom. The van der Waals surface area contributed by atoms with E-state index >= 15 is 0 Å². The van der Waals surface area contributed by atoms with Crippen LogP contribution in [-0.4, -0.2) is 24.5 Å². The van der Waals surface area contributed by atoms with E-state index in [9.17, 15) is 0 Å². The van der Waals surface area contributed by atoms with Gasteiger partial charge in [-0.1, -0.05) is 160 Å². The molecule has 1 nitrogen and oxygen atoms in total. The van der Waals surface area contributed by atoms with Crippen LogP contribution < -0.4 is 0 Å². The van der Waals surface area contributed by atoms with Crippen LogP contribution in [0.15, 0.2) is 12.2 Å². The molecule has 0 amide bonds. The first-order chi connectivity index (χ1) is 13.4. The third-order valence-corrected chi connectivity index (χ3v) is 6.83. The smallest absolute Gasteiger partial charge is 0.0671 e. The van der Waals surface area contributed by atoms with Gasteiger partial charge in [-0.05, 0) is 19.8 Å². The Labute approximate surface area is 207 Å². The molecule has 4 heteroatoms. The number of unbranched alkanes of at least 4 members (excludes halogenated alkanes) is 16. The van der Waals surface area contributed by atoms with E-state index in [1.807, 2.05) is 6.92 Å². The van der Waals surface area contributed by atoms with Gasteiger partial charge in [0.1, 0.15) is 0 Å². The van der Waals surface area contributed by atoms with Gasteiger partial charge in [-0.3, -0.25) is 0 Å². The predicted molar refractivity (Wildman–Crippen MR) is 149 cm³/mol. The summed E-state index contributed by atoms with van der Waals surface area (Å²) in [6.07, 6.45) is 25.7. The van der Waals surface area contributed by atoms with Crippen molar-refractivity contribution in [2.75, 3.05) is 13.2 Å². The van der Waals surface area contributed by atoms with E-state index in [1.54, 1.807) is 0 Å². The van der Waals surface area contributed by atoms with Crippen LogP contribution in [0.2, 0.25) is 0 Å². The number of rotatable bonds is 22. The van der Waals surface area contributed by atoms with Gasteiger partial charge in [0, 0.05) is 16.8 Å². The maximum Gasteiger partial charge on any atom is 0.0671 e. The molecular formula is C24H48I2OSi. The molecule has 0 saturated heterocycles. The summed E-state index contributed by atoms with van der Waals surface area (Å²) in [7, 11) is 1.32. The zero-order valence-electron chi connectivity index (χ0n) is 19.0. The quantitative estimate of drug-likeness (QED) is 0.0382. The molecule has 0 aromatic heterocycles. The van der Waals surface area contributed by atoms with Crippen molar-refractivity contribution in [2.45, 2.75) is 124 Å². The van der Waals surface area contributed by atoms with E-state index < -0.39 is 0 Å². The van der Waals surface area contributed by atoms with Crippen molar-refractivity contribution in [2.24, 2.45) is 0 Å². The molecule has 0 aliphatic heterocycles. The zero-order valence-corrected chi connectivity index (χ0v) is 25.3. The van der Waals surface area contributed by atoms with Crippen LogP contribution >= 0.6 is 45.2 Å². The molecule has 0 fully saturated rings. The lowest BCUT2D eigenvalue weighted by atomic mass is 10.0. The van der Waals surface area contributed by atoms with Crippen LogP contribution in [0, 0.1) is 0 Å². The van der Waals surface area contributed by atoms with Gasteiger partial charge in [0.25, 0.3) is 0 Å². The van der Waals surface area contributed by atoms with E-state index in [1.165, 1.54) is 126 Å². The van der Waals surface area contributed by atoms with Gasteiger partial charge in [-0.15, -0.1) is 0 Å². The first-order valence-electron chi connectivity index (χ1n) is 12.0. The molecular weight excluding hydrogens is 586 g/mol. The Balaban J connectivity index is 3.04. The molecule has 0 unspecified atom stereocenters. The van der Waals surface area contributed by atoms with E-state index in [-0.39, 0.29) is 0 Å². The van der Waals surface area contributed by atoms with Crippen molar-refractivity contribution in [3.63, 3.8) is 0 Å². The van der Waals surface area contributed by atoms with Crippen molar-refractivity contribution in [3.05, 3.63) is 12.2 Å². The summed E-state index contributed by atoms with van der Waals surface area (Å²) in [6, 6.07) is 0. The highest BCUT2D eigenvalue weighted by Crippen LogP contribution is 2.29. The van der Waals surface area contributed by atoms with Crippen LogP contribution in [0.4, 0.5) is 0 Å². The molecule has 0 heterocycles. The van der Waals surface area contributed by atoms with E-state index in [0.29, 0.717) is 1.05 Å². The van der Waals surface area contributed by atoms with Gasteiger partial charge >= 0.3 is 0 Å². The fraction of sp³-hybridized carbons (Fsp3) is 0.917. The average molecular weight is 635 g/mol. The highest BCUT2D eigenvalue weighted by Gasteiger charge is 2.12. The standard InChI is InChI=1S/C24H48I2OSi/c1-23(2)22-27-21-19-17-15-13-11-9-7-5-3-4-6-8-10-12-14-16-18-20-24(25,26)28/h1,3-22H2,2,28H3. The minimum Gasteiger partial charge on any atom is -0.377 e. The fourth-order valence-electron chi connectivity index (χ4n) is 3.54. The summed E-state index contributed by atoms with van der Waals surface area (Å²) in [5.41, 5.74) is 1.13. The zero-order chi connectivity index (χ0) is 20.9. The third-order valence-electron chi connectivity index (χ3n) is 5.25. The lowest BCUT2D eigenvalue weighted by Gasteiger charge is -2.13. The number of hydrogen-bond donors (Lipinski definition) is 0. The fourth-order valence-corrected chi connectivity index (χ4v) is 4.65. The Hall–Kier alpha value is 1.38. The summed E-state index contributed by atoms with van der Waals surface area (Å²) < 4.78 is 6.14. The lowest BCUT2D eigenvalue weighted by Crippen LogP contribution is -2.08. The minimum atomic E-state index is 0.607. The maximum absolute atomic E-state index is 5.54. The molecule has 0 radical (unpaired) electrons. The molecule has 0 rings (SSSR count). The monoisotopic (exact) mass is 634 g/mol. The second-order valence-electron chi connectivity index (χ2n) is 8.84. The highest BCUT2D eigenvalue weighted by atomic mass is 127. The van der Waals surface area contributed by atoms with Crippen LogP contribution in [0.3, 0.4) is 0 Å². The van der Waals surface area contributed by atoms with Gasteiger partial charge in [-0.2, -0.15) is 0 Å². The molecule has 0 aliphatic rings. The van der Waals surface area contributed by atoms with Crippen molar-refractivity contribution in [3.8, 4) is 0 Å². The summed E-state index contributed by atoms with van der Waals surface area (Å²) >= 11 is 5.25. The van der Waals surface area contributed by atoms with Crippen molar-refractivity contribution >= 4 is 55.4 Å². The normalized spacial score (nSPS) is 12.0. The van der Waals surface area contributed by atoms with Crippen LogP contribution in [-0.2, 0) is 4.74 Å². The number of halogens is 2. The lowest BCUT2D eigenvalue weighted by molar-refractivity contribution is 0.151. The van der Waals surface area contributed by atoms with Gasteiger partial charge in [0.05, 0.1) is 7.66 Å². The second kappa shape index (κ2) is 21.6. The largest absolute Gasteiger partial charge is 0.377 e. The van der Waals surface area contributed by atoms with E-state index in [4.69, 9.17) is 4.74 Å². The first kappa shape index (κ1) is 29.4. The first-order valence-corrected chi connectivity index (χ1v) is 15.2. The van der Waals surface area contributed by atoms with Crippen molar-refractivity contribution in [1.82, 2.24) is 0 Å². The Morgan fingerprint density at radius 3 is 1.32 bits per heavy atom. The topological polar surface area (TPSA) is 9.23 Å². The molecule has 28 heavy (non-hydrogen) atoms. The summed E-state index contributed by atoms with van der Waals surface area (Å²) in [5, 5.41) is 0. The van der Waals surface area contributed by atoms with Gasteiger partial charge in [0.2, 0.25) is 0 Å². The van der Waals surface area contributed by atoms with Crippen LogP contribution in [0.5, 0.6) is 0 Å². The minimum absolute atomic E-state index is 0.607. The summed E-state index contributed by atoms with van der Waals surface area (Å²) in [4.78, 5) is 0. The molecule has 0 bridgehead atoms. The highest BCUT2D eigenvalue weighted by molar-refractivity contribution is 14.2. The number of ether oxygens (including phenoxy) is 1. The summed E-state index contributed by atoms with van der Waals surface area (Å²) in [6.45, 7) is 7.52. The molecule has 0 spiro atoms. The Bertz CT molecular complexity index is 342. The van der Waals surface area contributed by atoms with Gasteiger partial charge < -0.3 is 4.74 Å². The number of hydrogen-bond acceptors (Lipinski definition) is 1. The van der Waals surface area contributed by atoms with Crippen LogP contribution in [0.1, 0.15) is 122 Å². The molecule has 0 aliphatic carbocycles. The molecule has 0 aromatic rings. The van der Waals surface area contributed by atoms with Gasteiger partial charge in [-0.25, -0.2) is 0 Å². The summed E-state index contributed by atoms with van der Waals surface area (Å²) in [5.74, 6) is 0.